The van der Waals surface area contributed by atoms with E-state index < -0.39 is 37.3 Å². The van der Waals surface area contributed by atoms with Gasteiger partial charge in [0.25, 0.3) is 5.91 Å². The van der Waals surface area contributed by atoms with Crippen LogP contribution in [0.2, 0.25) is 0 Å². The van der Waals surface area contributed by atoms with Crippen molar-refractivity contribution in [3.8, 4) is 16.9 Å². The molecule has 9 heteroatoms. The fourth-order valence-corrected chi connectivity index (χ4v) is 3.15. The second-order valence-electron chi connectivity index (χ2n) is 6.96. The third kappa shape index (κ3) is 4.96. The number of benzene rings is 2. The number of aliphatic hydroxyl groups excluding tert-OH is 4. The van der Waals surface area contributed by atoms with Crippen LogP contribution in [0.25, 0.3) is 11.1 Å². The Morgan fingerprint density at radius 2 is 1.77 bits per heavy atom. The molecule has 5 atom stereocenters. The fourth-order valence-electron chi connectivity index (χ4n) is 3.15. The van der Waals surface area contributed by atoms with Gasteiger partial charge in [-0.05, 0) is 35.4 Å². The molecule has 0 radical (unpaired) electrons. The van der Waals surface area contributed by atoms with E-state index in [0.717, 1.165) is 11.1 Å². The van der Waals surface area contributed by atoms with E-state index in [9.17, 15) is 25.2 Å². The van der Waals surface area contributed by atoms with Crippen molar-refractivity contribution in [2.45, 2.75) is 30.7 Å². The maximum atomic E-state index is 12.1. The van der Waals surface area contributed by atoms with Crippen LogP contribution in [0, 0.1) is 0 Å². The Hall–Kier alpha value is -2.53. The Kier molecular flexibility index (Phi) is 7.38. The Morgan fingerprint density at radius 3 is 2.43 bits per heavy atom. The molecular formula is C21H26N2O7. The van der Waals surface area contributed by atoms with Crippen LogP contribution in [0.3, 0.4) is 0 Å². The normalized spacial score (nSPS) is 26.2. The second kappa shape index (κ2) is 9.98. The summed E-state index contributed by atoms with van der Waals surface area (Å²) >= 11 is 0. The van der Waals surface area contributed by atoms with Crippen LogP contribution in [0.4, 0.5) is 0 Å². The zero-order valence-electron chi connectivity index (χ0n) is 16.2. The number of ether oxygens (including phenoxy) is 2. The van der Waals surface area contributed by atoms with Gasteiger partial charge in [0.1, 0.15) is 30.2 Å². The van der Waals surface area contributed by atoms with E-state index in [1.54, 1.807) is 42.5 Å². The average Bonchev–Trinajstić information content (AvgIpc) is 2.78. The third-order valence-electron chi connectivity index (χ3n) is 4.84. The quantitative estimate of drug-likeness (QED) is 0.342. The third-order valence-corrected chi connectivity index (χ3v) is 4.84. The van der Waals surface area contributed by atoms with Gasteiger partial charge in [0.2, 0.25) is 6.29 Å². The molecule has 0 bridgehead atoms. The smallest absolute Gasteiger partial charge is 0.251 e. The summed E-state index contributed by atoms with van der Waals surface area (Å²) in [6, 6.07) is 14.0. The highest BCUT2D eigenvalue weighted by molar-refractivity contribution is 5.95. The van der Waals surface area contributed by atoms with Crippen molar-refractivity contribution in [2.75, 3.05) is 19.7 Å². The summed E-state index contributed by atoms with van der Waals surface area (Å²) in [5, 5.41) is 41.7. The fraction of sp³-hybridized carbons (Fsp3) is 0.381. The highest BCUT2D eigenvalue weighted by Crippen LogP contribution is 2.27. The Labute approximate surface area is 173 Å². The minimum Gasteiger partial charge on any atom is -0.462 e. The number of carbonyl (C=O) groups is 1. The van der Waals surface area contributed by atoms with Crippen LogP contribution in [0.15, 0.2) is 48.5 Å². The first-order chi connectivity index (χ1) is 14.4. The zero-order chi connectivity index (χ0) is 21.7. The summed E-state index contributed by atoms with van der Waals surface area (Å²) in [5.41, 5.74) is 7.59. The molecule has 9 nitrogen and oxygen atoms in total. The van der Waals surface area contributed by atoms with Gasteiger partial charge in [0.15, 0.2) is 0 Å². The first-order valence-electron chi connectivity index (χ1n) is 9.60. The summed E-state index contributed by atoms with van der Waals surface area (Å²) in [6.07, 6.45) is -6.72. The maximum Gasteiger partial charge on any atom is 0.251 e. The van der Waals surface area contributed by atoms with Gasteiger partial charge in [-0.15, -0.1) is 0 Å². The molecule has 2 aromatic carbocycles. The highest BCUT2D eigenvalue weighted by Gasteiger charge is 2.44. The molecule has 3 rings (SSSR count). The summed E-state index contributed by atoms with van der Waals surface area (Å²) in [7, 11) is 0. The highest BCUT2D eigenvalue weighted by atomic mass is 16.7. The van der Waals surface area contributed by atoms with E-state index >= 15 is 0 Å². The van der Waals surface area contributed by atoms with Crippen molar-refractivity contribution in [1.29, 1.82) is 0 Å². The van der Waals surface area contributed by atoms with E-state index in [4.69, 9.17) is 15.2 Å². The summed E-state index contributed by atoms with van der Waals surface area (Å²) in [4.78, 5) is 12.1. The lowest BCUT2D eigenvalue weighted by Crippen LogP contribution is -2.60. The average molecular weight is 418 g/mol. The molecule has 0 unspecified atom stereocenters. The minimum atomic E-state index is -1.51. The van der Waals surface area contributed by atoms with Gasteiger partial charge < -0.3 is 41.0 Å². The van der Waals surface area contributed by atoms with Gasteiger partial charge in [0.05, 0.1) is 6.61 Å². The SMILES string of the molecule is NCCNC(=O)c1cccc(-c2ccc(O[C@H]3O[C@H](CO)[C@@H](O)[C@H](O)[C@@H]3O)cc2)c1. The number of aliphatic hydroxyl groups is 4. The van der Waals surface area contributed by atoms with Gasteiger partial charge >= 0.3 is 0 Å². The molecule has 1 aliphatic rings. The van der Waals surface area contributed by atoms with Crippen molar-refractivity contribution >= 4 is 5.91 Å². The predicted octanol–water partition coefficient (Wildman–Crippen LogP) is -0.779. The summed E-state index contributed by atoms with van der Waals surface area (Å²) < 4.78 is 10.9. The molecule has 7 N–H and O–H groups in total. The van der Waals surface area contributed by atoms with Crippen LogP contribution in [0.5, 0.6) is 5.75 Å². The molecule has 1 heterocycles. The molecule has 0 saturated carbocycles. The number of nitrogens with two attached hydrogens (primary N) is 1. The number of amides is 1. The van der Waals surface area contributed by atoms with Crippen LogP contribution >= 0.6 is 0 Å². The van der Waals surface area contributed by atoms with E-state index in [1.165, 1.54) is 0 Å². The van der Waals surface area contributed by atoms with Gasteiger partial charge in [-0.3, -0.25) is 4.79 Å². The van der Waals surface area contributed by atoms with Gasteiger partial charge in [-0.2, -0.15) is 0 Å². The molecule has 2 aromatic rings. The Balaban J connectivity index is 1.70. The summed E-state index contributed by atoms with van der Waals surface area (Å²) in [6.45, 7) is 0.229. The molecule has 1 saturated heterocycles. The molecule has 0 aliphatic carbocycles. The lowest BCUT2D eigenvalue weighted by molar-refractivity contribution is -0.277. The predicted molar refractivity (Wildman–Crippen MR) is 108 cm³/mol. The monoisotopic (exact) mass is 418 g/mol. The van der Waals surface area contributed by atoms with Gasteiger partial charge in [-0.1, -0.05) is 24.3 Å². The van der Waals surface area contributed by atoms with E-state index in [0.29, 0.717) is 24.4 Å². The van der Waals surface area contributed by atoms with Crippen LogP contribution in [0.1, 0.15) is 10.4 Å². The number of hydrogen-bond donors (Lipinski definition) is 6. The number of hydrogen-bond acceptors (Lipinski definition) is 8. The molecular weight excluding hydrogens is 392 g/mol. The molecule has 30 heavy (non-hydrogen) atoms. The van der Waals surface area contributed by atoms with Crippen LogP contribution in [-0.2, 0) is 4.74 Å². The van der Waals surface area contributed by atoms with Gasteiger partial charge in [-0.25, -0.2) is 0 Å². The first-order valence-corrected chi connectivity index (χ1v) is 9.60. The van der Waals surface area contributed by atoms with Crippen molar-refractivity contribution in [3.63, 3.8) is 0 Å². The molecule has 1 fully saturated rings. The van der Waals surface area contributed by atoms with Crippen molar-refractivity contribution in [1.82, 2.24) is 5.32 Å². The molecule has 0 spiro atoms. The number of nitrogens with one attached hydrogen (secondary N) is 1. The van der Waals surface area contributed by atoms with Crippen molar-refractivity contribution < 1.29 is 34.7 Å². The molecule has 162 valence electrons. The van der Waals surface area contributed by atoms with Gasteiger partial charge in [0, 0.05) is 18.7 Å². The zero-order valence-corrected chi connectivity index (χ0v) is 16.2. The molecule has 1 amide bonds. The lowest BCUT2D eigenvalue weighted by Gasteiger charge is -2.39. The van der Waals surface area contributed by atoms with Crippen LogP contribution in [-0.4, -0.2) is 76.7 Å². The lowest BCUT2D eigenvalue weighted by atomic mass is 9.99. The maximum absolute atomic E-state index is 12.1. The molecule has 0 aromatic heterocycles. The Morgan fingerprint density at radius 1 is 1.03 bits per heavy atom. The van der Waals surface area contributed by atoms with E-state index in [1.807, 2.05) is 6.07 Å². The summed E-state index contributed by atoms with van der Waals surface area (Å²) in [5.74, 6) is 0.157. The van der Waals surface area contributed by atoms with Crippen LogP contribution < -0.4 is 15.8 Å². The largest absolute Gasteiger partial charge is 0.462 e. The van der Waals surface area contributed by atoms with E-state index in [-0.39, 0.29) is 5.91 Å². The Bertz CT molecular complexity index is 844. The second-order valence-corrected chi connectivity index (χ2v) is 6.96. The molecule has 1 aliphatic heterocycles. The first kappa shape index (κ1) is 22.2. The topological polar surface area (TPSA) is 154 Å². The number of rotatable bonds is 7. The standard InChI is InChI=1S/C21H26N2O7/c22-8-9-23-20(28)14-3-1-2-13(10-14)12-4-6-15(7-5-12)29-21-19(27)18(26)17(25)16(11-24)30-21/h1-7,10,16-19,21,24-27H,8-9,11,22H2,(H,23,28)/t16-,17-,18+,19+,21+/m1/s1. The van der Waals surface area contributed by atoms with Crippen molar-refractivity contribution in [3.05, 3.63) is 54.1 Å². The van der Waals surface area contributed by atoms with Crippen molar-refractivity contribution in [2.24, 2.45) is 5.73 Å². The number of carbonyl (C=O) groups excluding carboxylic acids is 1. The van der Waals surface area contributed by atoms with E-state index in [2.05, 4.69) is 5.32 Å². The minimum absolute atomic E-state index is 0.204.